The summed E-state index contributed by atoms with van der Waals surface area (Å²) in [5.41, 5.74) is 17.3. The van der Waals surface area contributed by atoms with E-state index < -0.39 is 5.41 Å². The highest BCUT2D eigenvalue weighted by atomic mass is 32.1. The molecule has 11 aromatic rings. The molecule has 0 saturated carbocycles. The first kappa shape index (κ1) is 34.9. The fourth-order valence-electron chi connectivity index (χ4n) is 10.1. The van der Waals surface area contributed by atoms with Crippen LogP contribution in [0.4, 0.5) is 0 Å². The second-order valence-corrected chi connectivity index (χ2v) is 17.2. The molecule has 2 aliphatic carbocycles. The molecule has 3 heterocycles. The van der Waals surface area contributed by atoms with E-state index >= 15 is 0 Å². The van der Waals surface area contributed by atoms with Gasteiger partial charge in [0.2, 0.25) is 0 Å². The van der Waals surface area contributed by atoms with Crippen molar-refractivity contribution in [2.45, 2.75) is 5.41 Å². The van der Waals surface area contributed by atoms with Crippen LogP contribution in [0.5, 0.6) is 0 Å². The van der Waals surface area contributed by atoms with Crippen molar-refractivity contribution in [2.75, 3.05) is 0 Å². The Kier molecular flexibility index (Phi) is 7.66. The van der Waals surface area contributed by atoms with Crippen molar-refractivity contribution in [1.82, 2.24) is 19.9 Å². The lowest BCUT2D eigenvalue weighted by Crippen LogP contribution is -2.29. The van der Waals surface area contributed by atoms with Crippen molar-refractivity contribution in [1.29, 1.82) is 0 Å². The Morgan fingerprint density at radius 3 is 1.55 bits per heavy atom. The van der Waals surface area contributed by atoms with Crippen molar-refractivity contribution in [3.05, 3.63) is 229 Å². The molecule has 0 aliphatic heterocycles. The molecule has 288 valence electrons. The number of aromatic nitrogens is 4. The molecule has 3 aromatic heterocycles. The standard InChI is InChI=1S/C57H34N4S/c1-3-15-35(16-4-1)55-58-33-38(34-59-55)52-32-51(60-56(61-52)36-17-5-2-6-18-36)37-27-28-43-40-20-8-7-19-39(40)41-21-9-12-24-47(41)57(49(43)29-37)48-25-13-10-22-42(48)45-30-46-44-23-11-14-26-53(44)62-54(46)31-50(45)57/h1-34H. The Morgan fingerprint density at radius 1 is 0.323 bits per heavy atom. The van der Waals surface area contributed by atoms with Gasteiger partial charge in [0.05, 0.1) is 16.8 Å². The van der Waals surface area contributed by atoms with Gasteiger partial charge < -0.3 is 0 Å². The smallest absolute Gasteiger partial charge is 0.160 e. The van der Waals surface area contributed by atoms with Crippen molar-refractivity contribution in [3.63, 3.8) is 0 Å². The normalized spacial score (nSPS) is 14.5. The number of nitrogens with zero attached hydrogens (tertiary/aromatic N) is 4. The number of fused-ring (bicyclic) bond motifs is 15. The number of benzene rings is 8. The van der Waals surface area contributed by atoms with Crippen LogP contribution in [0.15, 0.2) is 207 Å². The highest BCUT2D eigenvalue weighted by Gasteiger charge is 2.50. The van der Waals surface area contributed by atoms with Crippen LogP contribution in [0.3, 0.4) is 0 Å². The van der Waals surface area contributed by atoms with Crippen LogP contribution in [0.2, 0.25) is 0 Å². The third-order valence-corrected chi connectivity index (χ3v) is 14.0. The van der Waals surface area contributed by atoms with Crippen LogP contribution in [0, 0.1) is 0 Å². The molecule has 1 unspecified atom stereocenters. The Morgan fingerprint density at radius 2 is 0.855 bits per heavy atom. The largest absolute Gasteiger partial charge is 0.236 e. The first-order valence-corrected chi connectivity index (χ1v) is 21.8. The molecule has 0 fully saturated rings. The average molecular weight is 807 g/mol. The predicted octanol–water partition coefficient (Wildman–Crippen LogP) is 14.3. The van der Waals surface area contributed by atoms with Crippen molar-refractivity contribution in [2.24, 2.45) is 0 Å². The molecule has 0 radical (unpaired) electrons. The Labute approximate surface area is 362 Å². The molecule has 13 rings (SSSR count). The van der Waals surface area contributed by atoms with E-state index in [1.165, 1.54) is 75.8 Å². The number of hydrogen-bond acceptors (Lipinski definition) is 5. The second kappa shape index (κ2) is 13.6. The molecule has 2 aliphatic rings. The van der Waals surface area contributed by atoms with Gasteiger partial charge in [-0.05, 0) is 86.0 Å². The molecule has 1 spiro atoms. The van der Waals surface area contributed by atoms with Crippen LogP contribution >= 0.6 is 11.3 Å². The lowest BCUT2D eigenvalue weighted by Gasteiger charge is -2.35. The van der Waals surface area contributed by atoms with Crippen molar-refractivity contribution >= 4 is 31.5 Å². The fourth-order valence-corrected chi connectivity index (χ4v) is 11.2. The van der Waals surface area contributed by atoms with E-state index in [2.05, 4.69) is 146 Å². The zero-order valence-electron chi connectivity index (χ0n) is 33.3. The van der Waals surface area contributed by atoms with Gasteiger partial charge in [-0.2, -0.15) is 0 Å². The van der Waals surface area contributed by atoms with Crippen LogP contribution in [-0.4, -0.2) is 19.9 Å². The average Bonchev–Trinajstić information content (AvgIpc) is 3.82. The van der Waals surface area contributed by atoms with Crippen molar-refractivity contribution < 1.29 is 0 Å². The third kappa shape index (κ3) is 5.12. The summed E-state index contributed by atoms with van der Waals surface area (Å²) in [6.07, 6.45) is 3.74. The fraction of sp³-hybridized carbons (Fsp3) is 0.0175. The summed E-state index contributed by atoms with van der Waals surface area (Å²) in [5, 5.41) is 2.61. The second-order valence-electron chi connectivity index (χ2n) is 16.1. The highest BCUT2D eigenvalue weighted by molar-refractivity contribution is 7.25. The maximum absolute atomic E-state index is 5.34. The number of rotatable bonds is 4. The Hall–Kier alpha value is -7.86. The van der Waals surface area contributed by atoms with Crippen LogP contribution in [0.1, 0.15) is 22.3 Å². The van der Waals surface area contributed by atoms with Gasteiger partial charge >= 0.3 is 0 Å². The van der Waals surface area contributed by atoms with Crippen LogP contribution in [-0.2, 0) is 5.41 Å². The van der Waals surface area contributed by atoms with E-state index in [-0.39, 0.29) is 0 Å². The minimum atomic E-state index is -0.642. The lowest BCUT2D eigenvalue weighted by atomic mass is 9.65. The molecule has 0 amide bonds. The monoisotopic (exact) mass is 806 g/mol. The van der Waals surface area contributed by atoms with E-state index in [4.69, 9.17) is 19.9 Å². The van der Waals surface area contributed by atoms with E-state index in [1.54, 1.807) is 0 Å². The van der Waals surface area contributed by atoms with E-state index in [9.17, 15) is 0 Å². The van der Waals surface area contributed by atoms with Crippen molar-refractivity contribution in [3.8, 4) is 78.7 Å². The molecule has 1 atom stereocenters. The zero-order valence-corrected chi connectivity index (χ0v) is 34.1. The summed E-state index contributed by atoms with van der Waals surface area (Å²) in [6.45, 7) is 0. The first-order chi connectivity index (χ1) is 30.7. The van der Waals surface area contributed by atoms with Crippen LogP contribution in [0.25, 0.3) is 98.8 Å². The Bertz CT molecular complexity index is 3580. The maximum atomic E-state index is 5.34. The van der Waals surface area contributed by atoms with Crippen LogP contribution < -0.4 is 0 Å². The molecule has 0 bridgehead atoms. The molecule has 4 nitrogen and oxygen atoms in total. The minimum absolute atomic E-state index is 0.642. The van der Waals surface area contributed by atoms with Gasteiger partial charge in [-0.1, -0.05) is 164 Å². The third-order valence-electron chi connectivity index (χ3n) is 12.8. The minimum Gasteiger partial charge on any atom is -0.236 e. The summed E-state index contributed by atoms with van der Waals surface area (Å²) in [7, 11) is 0. The number of thiophene rings is 1. The summed E-state index contributed by atoms with van der Waals surface area (Å²) in [5.74, 6) is 1.32. The van der Waals surface area contributed by atoms with E-state index in [0.29, 0.717) is 11.6 Å². The van der Waals surface area contributed by atoms with Gasteiger partial charge in [-0.3, -0.25) is 0 Å². The number of hydrogen-bond donors (Lipinski definition) is 0. The van der Waals surface area contributed by atoms with Gasteiger partial charge in [-0.25, -0.2) is 19.9 Å². The highest BCUT2D eigenvalue weighted by Crippen LogP contribution is 2.62. The first-order valence-electron chi connectivity index (χ1n) is 20.9. The summed E-state index contributed by atoms with van der Waals surface area (Å²) < 4.78 is 2.60. The SMILES string of the molecule is c1ccc(-c2ncc(-c3cc(-c4ccc5c(c4)C4(c6ccccc6-c6ccccc6-5)c5ccccc5-c5cc6c(cc54)sc4ccccc46)nc(-c4ccccc4)n3)cn2)cc1. The van der Waals surface area contributed by atoms with Gasteiger partial charge in [0, 0.05) is 54.8 Å². The zero-order chi connectivity index (χ0) is 40.8. The lowest BCUT2D eigenvalue weighted by molar-refractivity contribution is 0.777. The van der Waals surface area contributed by atoms with Gasteiger partial charge in [0.15, 0.2) is 11.6 Å². The van der Waals surface area contributed by atoms with Gasteiger partial charge in [-0.15, -0.1) is 11.3 Å². The van der Waals surface area contributed by atoms with Gasteiger partial charge in [0.25, 0.3) is 0 Å². The molecular formula is C57H34N4S. The maximum Gasteiger partial charge on any atom is 0.160 e. The summed E-state index contributed by atoms with van der Waals surface area (Å²) >= 11 is 1.88. The quantitative estimate of drug-likeness (QED) is 0.178. The molecule has 62 heavy (non-hydrogen) atoms. The molecule has 0 N–H and O–H groups in total. The molecule has 8 aromatic carbocycles. The van der Waals surface area contributed by atoms with E-state index in [1.807, 2.05) is 72.3 Å². The summed E-state index contributed by atoms with van der Waals surface area (Å²) in [6, 6.07) is 70.2. The summed E-state index contributed by atoms with van der Waals surface area (Å²) in [4.78, 5) is 20.1. The van der Waals surface area contributed by atoms with Gasteiger partial charge in [0.1, 0.15) is 0 Å². The molecule has 0 saturated heterocycles. The topological polar surface area (TPSA) is 51.6 Å². The van der Waals surface area contributed by atoms with E-state index in [0.717, 1.165) is 33.6 Å². The Balaban J connectivity index is 1.10. The molecule has 5 heteroatoms. The predicted molar refractivity (Wildman–Crippen MR) is 254 cm³/mol. The molecular weight excluding hydrogens is 773 g/mol.